The average molecular weight is 588 g/mol. The number of pyridine rings is 1. The third-order valence-corrected chi connectivity index (χ3v) is 9.68. The molecule has 1 saturated heterocycles. The van der Waals surface area contributed by atoms with E-state index in [2.05, 4.69) is 34.5 Å². The first kappa shape index (κ1) is 28.9. The molecule has 3 aromatic rings. The van der Waals surface area contributed by atoms with Crippen LogP contribution < -0.4 is 10.6 Å². The number of carbonyl (C=O) groups excluding carboxylic acids is 3. The summed E-state index contributed by atoms with van der Waals surface area (Å²) in [5, 5.41) is 5.77. The van der Waals surface area contributed by atoms with Crippen molar-refractivity contribution in [3.05, 3.63) is 88.6 Å². The molecule has 1 fully saturated rings. The Morgan fingerprint density at radius 1 is 1.16 bits per heavy atom. The predicted molar refractivity (Wildman–Crippen MR) is 158 cm³/mol. The SMILES string of the molecule is CN1CCC[C@]1(C)CC[C@@H](c1cc(F)cc(F)c1)N(C=O)CC(=O)Nc1ccc2c(c1)C[C@@]1(C2)C(=O)Nc2ncccc21. The summed E-state index contributed by atoms with van der Waals surface area (Å²) in [6, 6.07) is 11.9. The maximum absolute atomic E-state index is 14.2. The molecule has 8 nitrogen and oxygen atoms in total. The van der Waals surface area contributed by atoms with Crippen LogP contribution in [0.15, 0.2) is 54.7 Å². The van der Waals surface area contributed by atoms with Gasteiger partial charge in [-0.15, -0.1) is 0 Å². The Hall–Kier alpha value is -4.18. The number of nitrogens with zero attached hydrogens (tertiary/aromatic N) is 3. The van der Waals surface area contributed by atoms with Crippen LogP contribution in [0.2, 0.25) is 0 Å². The number of likely N-dealkylation sites (tertiary alicyclic amines) is 1. The number of halogens is 2. The van der Waals surface area contributed by atoms with Gasteiger partial charge >= 0.3 is 0 Å². The standard InChI is InChI=1S/C33H35F2N5O3/c1-32(9-4-12-39(32)2)10-8-28(22-13-24(34)16-25(35)14-22)40(20-41)19-29(42)37-26-7-6-21-17-33(18-23(21)15-26)27-5-3-11-36-30(27)38-31(33)43/h3,5-7,11,13-16,20,28H,4,8-10,12,17-19H2,1-2H3,(H,37,42)(H,36,38,43)/t28-,32+,33+/m0/s1. The highest BCUT2D eigenvalue weighted by atomic mass is 19.1. The van der Waals surface area contributed by atoms with E-state index >= 15 is 0 Å². The fraction of sp³-hybridized carbons (Fsp3) is 0.394. The monoisotopic (exact) mass is 587 g/mol. The second-order valence-corrected chi connectivity index (χ2v) is 12.4. The number of benzene rings is 2. The fourth-order valence-electron chi connectivity index (χ4n) is 7.15. The second kappa shape index (κ2) is 11.1. The average Bonchev–Trinajstić information content (AvgIpc) is 3.60. The van der Waals surface area contributed by atoms with E-state index in [0.29, 0.717) is 49.2 Å². The predicted octanol–water partition coefficient (Wildman–Crippen LogP) is 4.75. The molecule has 0 radical (unpaired) electrons. The van der Waals surface area contributed by atoms with Gasteiger partial charge in [-0.05, 0) is 106 Å². The number of nitrogens with one attached hydrogen (secondary N) is 2. The first-order valence-electron chi connectivity index (χ1n) is 14.7. The summed E-state index contributed by atoms with van der Waals surface area (Å²) in [5.74, 6) is -1.39. The van der Waals surface area contributed by atoms with Gasteiger partial charge in [0.1, 0.15) is 24.0 Å². The smallest absolute Gasteiger partial charge is 0.244 e. The van der Waals surface area contributed by atoms with Crippen LogP contribution in [-0.4, -0.2) is 58.7 Å². The fourth-order valence-corrected chi connectivity index (χ4v) is 7.15. The molecule has 3 atom stereocenters. The summed E-state index contributed by atoms with van der Waals surface area (Å²) in [6.07, 6.45) is 6.42. The van der Waals surface area contributed by atoms with Crippen molar-refractivity contribution in [1.29, 1.82) is 0 Å². The van der Waals surface area contributed by atoms with Crippen LogP contribution in [0.3, 0.4) is 0 Å². The molecule has 2 N–H and O–H groups in total. The van der Waals surface area contributed by atoms with E-state index < -0.39 is 29.0 Å². The summed E-state index contributed by atoms with van der Waals surface area (Å²) >= 11 is 0. The zero-order valence-electron chi connectivity index (χ0n) is 24.3. The number of carbonyl (C=O) groups is 3. The van der Waals surface area contributed by atoms with E-state index in [1.165, 1.54) is 17.0 Å². The third kappa shape index (κ3) is 5.40. The topological polar surface area (TPSA) is 94.6 Å². The lowest BCUT2D eigenvalue weighted by Crippen LogP contribution is -2.40. The van der Waals surface area contributed by atoms with Crippen molar-refractivity contribution in [2.75, 3.05) is 30.8 Å². The van der Waals surface area contributed by atoms with Crippen molar-refractivity contribution in [2.24, 2.45) is 0 Å². The maximum atomic E-state index is 14.2. The zero-order valence-corrected chi connectivity index (χ0v) is 24.3. The van der Waals surface area contributed by atoms with E-state index in [0.717, 1.165) is 42.1 Å². The van der Waals surface area contributed by atoms with Gasteiger partial charge in [0.2, 0.25) is 18.2 Å². The second-order valence-electron chi connectivity index (χ2n) is 12.4. The molecule has 3 aliphatic rings. The molecular formula is C33H35F2N5O3. The zero-order chi connectivity index (χ0) is 30.4. The lowest BCUT2D eigenvalue weighted by atomic mass is 9.79. The molecule has 0 bridgehead atoms. The van der Waals surface area contributed by atoms with Crippen LogP contribution in [-0.2, 0) is 32.6 Å². The molecule has 6 rings (SSSR count). The van der Waals surface area contributed by atoms with Crippen LogP contribution in [0, 0.1) is 11.6 Å². The Morgan fingerprint density at radius 3 is 2.65 bits per heavy atom. The summed E-state index contributed by atoms with van der Waals surface area (Å²) in [4.78, 5) is 46.5. The Labute approximate surface area is 249 Å². The first-order valence-corrected chi connectivity index (χ1v) is 14.7. The maximum Gasteiger partial charge on any atom is 0.244 e. The molecule has 3 heterocycles. The molecule has 0 saturated carbocycles. The van der Waals surface area contributed by atoms with Gasteiger partial charge in [0.05, 0.1) is 11.5 Å². The van der Waals surface area contributed by atoms with Crippen molar-refractivity contribution in [3.8, 4) is 0 Å². The van der Waals surface area contributed by atoms with Gasteiger partial charge in [-0.3, -0.25) is 14.4 Å². The molecule has 2 aromatic carbocycles. The number of amides is 3. The Bertz CT molecular complexity index is 1580. The van der Waals surface area contributed by atoms with E-state index in [1.807, 2.05) is 24.3 Å². The largest absolute Gasteiger partial charge is 0.329 e. The van der Waals surface area contributed by atoms with Crippen molar-refractivity contribution in [3.63, 3.8) is 0 Å². The van der Waals surface area contributed by atoms with Crippen molar-refractivity contribution >= 4 is 29.7 Å². The number of hydrogen-bond donors (Lipinski definition) is 2. The van der Waals surface area contributed by atoms with Gasteiger partial charge in [0, 0.05) is 29.1 Å². The minimum Gasteiger partial charge on any atom is -0.329 e. The summed E-state index contributed by atoms with van der Waals surface area (Å²) in [7, 11) is 2.06. The molecule has 1 aliphatic carbocycles. The molecule has 10 heteroatoms. The minimum atomic E-state index is -0.732. The van der Waals surface area contributed by atoms with Gasteiger partial charge in [-0.1, -0.05) is 12.1 Å². The first-order chi connectivity index (χ1) is 20.6. The molecule has 3 amide bonds. The van der Waals surface area contributed by atoms with Gasteiger partial charge in [0.15, 0.2) is 0 Å². The summed E-state index contributed by atoms with van der Waals surface area (Å²) < 4.78 is 28.5. The van der Waals surface area contributed by atoms with Crippen molar-refractivity contribution < 1.29 is 23.2 Å². The van der Waals surface area contributed by atoms with E-state index in [-0.39, 0.29) is 18.0 Å². The van der Waals surface area contributed by atoms with E-state index in [4.69, 9.17) is 0 Å². The van der Waals surface area contributed by atoms with Crippen LogP contribution in [0.5, 0.6) is 0 Å². The van der Waals surface area contributed by atoms with Gasteiger partial charge in [-0.25, -0.2) is 13.8 Å². The van der Waals surface area contributed by atoms with Gasteiger partial charge in [-0.2, -0.15) is 0 Å². The number of hydrogen-bond acceptors (Lipinski definition) is 5. The minimum absolute atomic E-state index is 0.0814. The van der Waals surface area contributed by atoms with E-state index in [1.54, 1.807) is 12.3 Å². The Balaban J connectivity index is 1.18. The molecular weight excluding hydrogens is 552 g/mol. The Morgan fingerprint density at radius 2 is 1.93 bits per heavy atom. The number of anilines is 2. The number of rotatable bonds is 9. The molecule has 1 spiro atoms. The van der Waals surface area contributed by atoms with E-state index in [9.17, 15) is 23.2 Å². The lowest BCUT2D eigenvalue weighted by molar-refractivity contribution is -0.127. The van der Waals surface area contributed by atoms with Crippen molar-refractivity contribution in [2.45, 2.75) is 62.4 Å². The highest BCUT2D eigenvalue weighted by molar-refractivity contribution is 6.06. The molecule has 224 valence electrons. The summed E-state index contributed by atoms with van der Waals surface area (Å²) in [6.45, 7) is 2.83. The Kier molecular flexibility index (Phi) is 7.50. The molecule has 2 aliphatic heterocycles. The van der Waals surface area contributed by atoms with Crippen molar-refractivity contribution in [1.82, 2.24) is 14.8 Å². The third-order valence-electron chi connectivity index (χ3n) is 9.68. The van der Waals surface area contributed by atoms with Crippen LogP contribution in [0.4, 0.5) is 20.3 Å². The van der Waals surface area contributed by atoms with Crippen LogP contribution in [0.25, 0.3) is 0 Å². The summed E-state index contributed by atoms with van der Waals surface area (Å²) in [5.41, 5.74) is 2.90. The molecule has 1 aromatic heterocycles. The quantitative estimate of drug-likeness (QED) is 0.353. The van der Waals surface area contributed by atoms with Crippen LogP contribution in [0.1, 0.15) is 60.9 Å². The molecule has 43 heavy (non-hydrogen) atoms. The van der Waals surface area contributed by atoms with Gasteiger partial charge < -0.3 is 20.4 Å². The lowest BCUT2D eigenvalue weighted by Gasteiger charge is -2.36. The van der Waals surface area contributed by atoms with Crippen LogP contribution >= 0.6 is 0 Å². The highest BCUT2D eigenvalue weighted by Crippen LogP contribution is 2.47. The number of fused-ring (bicyclic) bond motifs is 3. The molecule has 0 unspecified atom stereocenters. The highest BCUT2D eigenvalue weighted by Gasteiger charge is 2.51. The van der Waals surface area contributed by atoms with Gasteiger partial charge in [0.25, 0.3) is 0 Å². The normalized spacial score (nSPS) is 23.1. The number of aromatic nitrogens is 1.